The van der Waals surface area contributed by atoms with E-state index in [2.05, 4.69) is 166 Å². The molecule has 0 aliphatic carbocycles. The van der Waals surface area contributed by atoms with E-state index in [0.717, 1.165) is 20.5 Å². The minimum atomic E-state index is 0.352. The Kier molecular flexibility index (Phi) is 19.9. The molecule has 3 aromatic rings. The molecule has 1 heterocycles. The van der Waals surface area contributed by atoms with Crippen molar-refractivity contribution in [2.24, 2.45) is 0 Å². The number of benzene rings is 3. The molecule has 0 saturated carbocycles. The largest absolute Gasteiger partial charge is 0.142 e. The SMILES string of the molecule is CC(C)=CCBr.CC(C)=CCSc1ccccc1Br.CC1(C)CCSc2c(Br)cccc21.Sc1ccccc1Br. The van der Waals surface area contributed by atoms with E-state index in [0.29, 0.717) is 5.41 Å². The molecule has 1 aliphatic rings. The van der Waals surface area contributed by atoms with E-state index < -0.39 is 0 Å². The monoisotopic (exact) mass is 848 g/mol. The number of hydrogen-bond donors (Lipinski definition) is 1. The van der Waals surface area contributed by atoms with Crippen LogP contribution in [0.15, 0.2) is 118 Å². The summed E-state index contributed by atoms with van der Waals surface area (Å²) in [6.45, 7) is 13.1. The third-order valence-electron chi connectivity index (χ3n) is 5.57. The van der Waals surface area contributed by atoms with Crippen LogP contribution in [-0.4, -0.2) is 16.8 Å². The van der Waals surface area contributed by atoms with Crippen molar-refractivity contribution >= 4 is 99.9 Å². The Bertz CT molecular complexity index is 1210. The first-order valence-corrected chi connectivity index (χ1v) is 18.9. The van der Waals surface area contributed by atoms with Crippen molar-refractivity contribution < 1.29 is 0 Å². The minimum Gasteiger partial charge on any atom is -0.142 e. The highest BCUT2D eigenvalue weighted by Gasteiger charge is 2.28. The Balaban J connectivity index is 0.000000279. The van der Waals surface area contributed by atoms with Crippen molar-refractivity contribution in [2.45, 2.75) is 68.1 Å². The van der Waals surface area contributed by atoms with Crippen LogP contribution < -0.4 is 0 Å². The summed E-state index contributed by atoms with van der Waals surface area (Å²) < 4.78 is 3.48. The molecule has 0 fully saturated rings. The number of allylic oxidation sites excluding steroid dienone is 3. The van der Waals surface area contributed by atoms with Gasteiger partial charge in [-0.2, -0.15) is 0 Å². The molecule has 0 amide bonds. The molecule has 0 unspecified atom stereocenters. The zero-order valence-corrected chi connectivity index (χ0v) is 33.0. The molecule has 0 saturated heterocycles. The quantitative estimate of drug-likeness (QED) is 0.120. The van der Waals surface area contributed by atoms with Crippen LogP contribution >= 0.6 is 99.9 Å². The topological polar surface area (TPSA) is 0 Å². The lowest BCUT2D eigenvalue weighted by molar-refractivity contribution is 0.493. The summed E-state index contributed by atoms with van der Waals surface area (Å²) in [4.78, 5) is 3.73. The molecule has 40 heavy (non-hydrogen) atoms. The average molecular weight is 853 g/mol. The Morgan fingerprint density at radius 3 is 1.88 bits per heavy atom. The van der Waals surface area contributed by atoms with Gasteiger partial charge in [-0.3, -0.25) is 0 Å². The Hall–Kier alpha value is 0.110. The lowest BCUT2D eigenvalue weighted by atomic mass is 9.82. The normalized spacial score (nSPS) is 12.6. The summed E-state index contributed by atoms with van der Waals surface area (Å²) in [5.74, 6) is 2.29. The molecule has 0 radical (unpaired) electrons. The second-order valence-corrected chi connectivity index (χ2v) is 15.9. The molecule has 4 rings (SSSR count). The lowest BCUT2D eigenvalue weighted by Gasteiger charge is -2.32. The zero-order valence-electron chi connectivity index (χ0n) is 24.1. The summed E-state index contributed by atoms with van der Waals surface area (Å²) in [6, 6.07) is 22.6. The Morgan fingerprint density at radius 1 is 0.825 bits per heavy atom. The Labute approximate surface area is 291 Å². The maximum absolute atomic E-state index is 4.15. The number of alkyl halides is 1. The molecular weight excluding hydrogens is 812 g/mol. The molecular formula is C33H40Br4S3. The molecule has 0 atom stereocenters. The van der Waals surface area contributed by atoms with Gasteiger partial charge in [0.25, 0.3) is 0 Å². The molecule has 7 heteroatoms. The average Bonchev–Trinajstić information content (AvgIpc) is 2.88. The molecule has 0 N–H and O–H groups in total. The van der Waals surface area contributed by atoms with E-state index in [4.69, 9.17) is 0 Å². The van der Waals surface area contributed by atoms with Crippen molar-refractivity contribution in [3.05, 3.63) is 109 Å². The molecule has 1 aliphatic heterocycles. The van der Waals surface area contributed by atoms with Crippen LogP contribution in [0.2, 0.25) is 0 Å². The van der Waals surface area contributed by atoms with Gasteiger partial charge in [0.1, 0.15) is 0 Å². The third-order valence-corrected chi connectivity index (χ3v) is 11.3. The van der Waals surface area contributed by atoms with Gasteiger partial charge in [-0.1, -0.05) is 89.5 Å². The number of thioether (sulfide) groups is 2. The van der Waals surface area contributed by atoms with E-state index in [1.165, 1.54) is 47.6 Å². The van der Waals surface area contributed by atoms with Gasteiger partial charge in [-0.25, -0.2) is 0 Å². The maximum Gasteiger partial charge on any atom is 0.0314 e. The van der Waals surface area contributed by atoms with Crippen molar-refractivity contribution in [2.75, 3.05) is 16.8 Å². The smallest absolute Gasteiger partial charge is 0.0314 e. The highest BCUT2D eigenvalue weighted by atomic mass is 79.9. The lowest BCUT2D eigenvalue weighted by Crippen LogP contribution is -2.22. The van der Waals surface area contributed by atoms with E-state index in [-0.39, 0.29) is 0 Å². The fraction of sp³-hybridized carbons (Fsp3) is 0.333. The van der Waals surface area contributed by atoms with Gasteiger partial charge < -0.3 is 0 Å². The molecule has 3 aromatic carbocycles. The van der Waals surface area contributed by atoms with Crippen LogP contribution in [-0.2, 0) is 5.41 Å². The summed E-state index contributed by atoms with van der Waals surface area (Å²) in [7, 11) is 0. The van der Waals surface area contributed by atoms with Gasteiger partial charge in [0.15, 0.2) is 0 Å². The first-order chi connectivity index (χ1) is 18.9. The van der Waals surface area contributed by atoms with E-state index in [1.54, 1.807) is 0 Å². The van der Waals surface area contributed by atoms with Gasteiger partial charge >= 0.3 is 0 Å². The van der Waals surface area contributed by atoms with Gasteiger partial charge in [0, 0.05) is 39.2 Å². The van der Waals surface area contributed by atoms with E-state index in [9.17, 15) is 0 Å². The van der Waals surface area contributed by atoms with Crippen molar-refractivity contribution in [1.82, 2.24) is 0 Å². The number of halogens is 4. The second-order valence-electron chi connectivity index (χ2n) is 10.0. The first-order valence-electron chi connectivity index (χ1n) is 12.9. The predicted octanol–water partition coefficient (Wildman–Crippen LogP) is 13.8. The summed E-state index contributed by atoms with van der Waals surface area (Å²) >= 11 is 21.7. The maximum atomic E-state index is 4.15. The van der Waals surface area contributed by atoms with Gasteiger partial charge in [-0.05, 0) is 129 Å². The third kappa shape index (κ3) is 15.5. The summed E-state index contributed by atoms with van der Waals surface area (Å²) in [5.41, 5.74) is 4.59. The van der Waals surface area contributed by atoms with Crippen LogP contribution in [0.4, 0.5) is 0 Å². The van der Waals surface area contributed by atoms with Crippen LogP contribution in [0, 0.1) is 0 Å². The standard InChI is InChI=1S/2C11H13BrS.C6H5BrS.C5H9Br/c1-11(2)6-7-13-10-8(11)4-3-5-9(10)12;1-9(2)7-8-13-11-6-4-3-5-10(11)12;7-5-3-1-2-4-6(5)8;1-5(2)3-4-6/h3-5H,6-7H2,1-2H3;3-7H,8H2,1-2H3;1-4,8H;3H,4H2,1-2H3. The molecule has 218 valence electrons. The van der Waals surface area contributed by atoms with Gasteiger partial charge in [-0.15, -0.1) is 36.2 Å². The van der Waals surface area contributed by atoms with E-state index in [1.807, 2.05) is 53.9 Å². The molecule has 0 bridgehead atoms. The molecule has 0 aromatic heterocycles. The summed E-state index contributed by atoms with van der Waals surface area (Å²) in [5, 5.41) is 0.981. The van der Waals surface area contributed by atoms with Crippen LogP contribution in [0.3, 0.4) is 0 Å². The first kappa shape index (κ1) is 38.1. The fourth-order valence-electron chi connectivity index (χ4n) is 3.20. The number of thiol groups is 1. The number of hydrogen-bond acceptors (Lipinski definition) is 3. The van der Waals surface area contributed by atoms with Crippen LogP contribution in [0.5, 0.6) is 0 Å². The highest BCUT2D eigenvalue weighted by Crippen LogP contribution is 2.44. The number of rotatable bonds is 4. The fourth-order valence-corrected chi connectivity index (χ4v) is 8.13. The van der Waals surface area contributed by atoms with Crippen molar-refractivity contribution in [3.63, 3.8) is 0 Å². The summed E-state index contributed by atoms with van der Waals surface area (Å²) in [6.07, 6.45) is 5.64. The number of fused-ring (bicyclic) bond motifs is 1. The van der Waals surface area contributed by atoms with Crippen LogP contribution in [0.25, 0.3) is 0 Å². The van der Waals surface area contributed by atoms with Gasteiger partial charge in [0.2, 0.25) is 0 Å². The molecule has 0 spiro atoms. The predicted molar refractivity (Wildman–Crippen MR) is 201 cm³/mol. The van der Waals surface area contributed by atoms with Crippen LogP contribution in [0.1, 0.15) is 53.5 Å². The van der Waals surface area contributed by atoms with Crippen molar-refractivity contribution in [3.8, 4) is 0 Å². The zero-order chi connectivity index (χ0) is 30.1. The second kappa shape index (κ2) is 20.9. The van der Waals surface area contributed by atoms with Crippen molar-refractivity contribution in [1.29, 1.82) is 0 Å². The van der Waals surface area contributed by atoms with E-state index >= 15 is 0 Å². The minimum absolute atomic E-state index is 0.352. The molecule has 0 nitrogen and oxygen atoms in total. The Morgan fingerprint density at radius 2 is 1.40 bits per heavy atom. The highest BCUT2D eigenvalue weighted by molar-refractivity contribution is 9.11. The van der Waals surface area contributed by atoms with Gasteiger partial charge in [0.05, 0.1) is 0 Å².